The quantitative estimate of drug-likeness (QED) is 0.731. The SMILES string of the molecule is NC(=O)Cn1cc(NC(=O)[C@@]23CCCC[C@H]2CNC3)cn1. The van der Waals surface area contributed by atoms with E-state index in [0.29, 0.717) is 11.6 Å². The van der Waals surface area contributed by atoms with Crippen molar-refractivity contribution in [3.05, 3.63) is 12.4 Å². The lowest BCUT2D eigenvalue weighted by Crippen LogP contribution is -2.44. The molecule has 2 amide bonds. The van der Waals surface area contributed by atoms with Crippen LogP contribution in [-0.4, -0.2) is 34.7 Å². The van der Waals surface area contributed by atoms with E-state index in [1.807, 2.05) is 0 Å². The highest BCUT2D eigenvalue weighted by molar-refractivity contribution is 5.96. The molecule has 7 nitrogen and oxygen atoms in total. The molecule has 0 unspecified atom stereocenters. The molecule has 0 spiro atoms. The van der Waals surface area contributed by atoms with Crippen molar-refractivity contribution in [1.82, 2.24) is 15.1 Å². The Kier molecular flexibility index (Phi) is 3.67. The molecule has 1 aromatic heterocycles. The predicted molar refractivity (Wildman–Crippen MR) is 77.3 cm³/mol. The second kappa shape index (κ2) is 5.48. The molecule has 4 N–H and O–H groups in total. The Morgan fingerprint density at radius 1 is 1.52 bits per heavy atom. The molecule has 0 radical (unpaired) electrons. The molecule has 3 rings (SSSR count). The Labute approximate surface area is 123 Å². The largest absolute Gasteiger partial charge is 0.368 e. The number of hydrogen-bond acceptors (Lipinski definition) is 4. The molecule has 21 heavy (non-hydrogen) atoms. The number of rotatable bonds is 4. The number of aromatic nitrogens is 2. The van der Waals surface area contributed by atoms with E-state index in [1.165, 1.54) is 11.1 Å². The number of hydrogen-bond donors (Lipinski definition) is 3. The van der Waals surface area contributed by atoms with Crippen LogP contribution in [0.2, 0.25) is 0 Å². The van der Waals surface area contributed by atoms with Crippen LogP contribution in [0.4, 0.5) is 5.69 Å². The average molecular weight is 291 g/mol. The van der Waals surface area contributed by atoms with Crippen molar-refractivity contribution in [2.24, 2.45) is 17.1 Å². The van der Waals surface area contributed by atoms with Gasteiger partial charge in [-0.15, -0.1) is 0 Å². The molecular weight excluding hydrogens is 270 g/mol. The molecule has 2 aliphatic rings. The highest BCUT2D eigenvalue weighted by Crippen LogP contribution is 2.44. The summed E-state index contributed by atoms with van der Waals surface area (Å²) in [5, 5.41) is 10.3. The van der Waals surface area contributed by atoms with Crippen molar-refractivity contribution in [3.63, 3.8) is 0 Å². The Morgan fingerprint density at radius 3 is 3.19 bits per heavy atom. The number of nitrogens with two attached hydrogens (primary N) is 1. The molecule has 0 aromatic carbocycles. The fourth-order valence-electron chi connectivity index (χ4n) is 3.62. The maximum absolute atomic E-state index is 12.7. The number of carbonyl (C=O) groups excluding carboxylic acids is 2. The van der Waals surface area contributed by atoms with E-state index in [4.69, 9.17) is 5.73 Å². The Bertz CT molecular complexity index is 555. The minimum absolute atomic E-state index is 0.0190. The van der Waals surface area contributed by atoms with Gasteiger partial charge in [0.15, 0.2) is 0 Å². The van der Waals surface area contributed by atoms with E-state index in [9.17, 15) is 9.59 Å². The van der Waals surface area contributed by atoms with E-state index in [1.54, 1.807) is 12.4 Å². The Hall–Kier alpha value is -1.89. The van der Waals surface area contributed by atoms with Crippen molar-refractivity contribution in [2.45, 2.75) is 32.2 Å². The zero-order valence-electron chi connectivity index (χ0n) is 12.0. The second-order valence-electron chi connectivity index (χ2n) is 6.08. The van der Waals surface area contributed by atoms with Gasteiger partial charge < -0.3 is 16.4 Å². The van der Waals surface area contributed by atoms with Crippen molar-refractivity contribution >= 4 is 17.5 Å². The molecule has 114 valence electrons. The molecule has 0 bridgehead atoms. The van der Waals surface area contributed by atoms with Gasteiger partial charge in [-0.2, -0.15) is 5.10 Å². The average Bonchev–Trinajstić information content (AvgIpc) is 3.05. The predicted octanol–water partition coefficient (Wildman–Crippen LogP) is 0.0867. The fourth-order valence-corrected chi connectivity index (χ4v) is 3.62. The van der Waals surface area contributed by atoms with Gasteiger partial charge in [-0.05, 0) is 25.3 Å². The molecule has 1 aliphatic heterocycles. The fraction of sp³-hybridized carbons (Fsp3) is 0.643. The standard InChI is InChI=1S/C14H21N5O2/c15-12(20)8-19-7-11(6-17-19)18-13(21)14-4-2-1-3-10(14)5-16-9-14/h6-7,10,16H,1-5,8-9H2,(H2,15,20)(H,18,21)/t10-,14+/m0/s1. The third-order valence-corrected chi connectivity index (χ3v) is 4.70. The third-order valence-electron chi connectivity index (χ3n) is 4.70. The summed E-state index contributed by atoms with van der Waals surface area (Å²) in [6, 6.07) is 0. The topological polar surface area (TPSA) is 102 Å². The first-order valence-electron chi connectivity index (χ1n) is 7.43. The van der Waals surface area contributed by atoms with Gasteiger partial charge in [0.2, 0.25) is 11.8 Å². The number of fused-ring (bicyclic) bond motifs is 1. The van der Waals surface area contributed by atoms with Gasteiger partial charge in [-0.25, -0.2) is 0 Å². The molecule has 2 atom stereocenters. The van der Waals surface area contributed by atoms with Crippen LogP contribution in [0.25, 0.3) is 0 Å². The van der Waals surface area contributed by atoms with Crippen molar-refractivity contribution in [2.75, 3.05) is 18.4 Å². The molecular formula is C14H21N5O2. The highest BCUT2D eigenvalue weighted by Gasteiger charge is 2.49. The smallest absolute Gasteiger partial charge is 0.239 e. The van der Waals surface area contributed by atoms with Crippen LogP contribution < -0.4 is 16.4 Å². The summed E-state index contributed by atoms with van der Waals surface area (Å²) in [6.45, 7) is 1.69. The van der Waals surface area contributed by atoms with Crippen LogP contribution in [0.15, 0.2) is 12.4 Å². The molecule has 2 fully saturated rings. The molecule has 1 aliphatic carbocycles. The van der Waals surface area contributed by atoms with Gasteiger partial charge in [-0.1, -0.05) is 12.8 Å². The van der Waals surface area contributed by atoms with Gasteiger partial charge in [0.25, 0.3) is 0 Å². The van der Waals surface area contributed by atoms with Gasteiger partial charge >= 0.3 is 0 Å². The van der Waals surface area contributed by atoms with Gasteiger partial charge in [0.05, 0.1) is 17.3 Å². The second-order valence-corrected chi connectivity index (χ2v) is 6.08. The lowest BCUT2D eigenvalue weighted by Gasteiger charge is -2.36. The normalized spacial score (nSPS) is 28.1. The maximum atomic E-state index is 12.7. The van der Waals surface area contributed by atoms with E-state index in [-0.39, 0.29) is 17.9 Å². The Balaban J connectivity index is 1.70. The molecule has 1 aromatic rings. The third kappa shape index (κ3) is 2.65. The van der Waals surface area contributed by atoms with Crippen LogP contribution >= 0.6 is 0 Å². The van der Waals surface area contributed by atoms with E-state index in [2.05, 4.69) is 15.7 Å². The minimum atomic E-state index is -0.457. The van der Waals surface area contributed by atoms with Crippen molar-refractivity contribution in [3.8, 4) is 0 Å². The van der Waals surface area contributed by atoms with Crippen molar-refractivity contribution < 1.29 is 9.59 Å². The summed E-state index contributed by atoms with van der Waals surface area (Å²) in [7, 11) is 0. The van der Waals surface area contributed by atoms with Crippen LogP contribution in [0.1, 0.15) is 25.7 Å². The van der Waals surface area contributed by atoms with Crippen LogP contribution in [0.5, 0.6) is 0 Å². The lowest BCUT2D eigenvalue weighted by atomic mass is 9.67. The molecule has 1 saturated heterocycles. The maximum Gasteiger partial charge on any atom is 0.239 e. The molecule has 2 heterocycles. The number of amides is 2. The monoisotopic (exact) mass is 291 g/mol. The molecule has 1 saturated carbocycles. The van der Waals surface area contributed by atoms with Gasteiger partial charge in [0, 0.05) is 12.7 Å². The van der Waals surface area contributed by atoms with Crippen LogP contribution in [-0.2, 0) is 16.1 Å². The van der Waals surface area contributed by atoms with Crippen molar-refractivity contribution in [1.29, 1.82) is 0 Å². The zero-order chi connectivity index (χ0) is 14.9. The van der Waals surface area contributed by atoms with Gasteiger partial charge in [-0.3, -0.25) is 14.3 Å². The number of anilines is 1. The van der Waals surface area contributed by atoms with E-state index >= 15 is 0 Å². The molecule has 7 heteroatoms. The zero-order valence-corrected chi connectivity index (χ0v) is 12.0. The van der Waals surface area contributed by atoms with E-state index in [0.717, 1.165) is 32.4 Å². The summed E-state index contributed by atoms with van der Waals surface area (Å²) < 4.78 is 1.43. The first kappa shape index (κ1) is 14.1. The number of primary amides is 1. The summed E-state index contributed by atoms with van der Waals surface area (Å²) in [5.74, 6) is 0.0321. The van der Waals surface area contributed by atoms with E-state index < -0.39 is 5.91 Å². The first-order valence-corrected chi connectivity index (χ1v) is 7.43. The summed E-state index contributed by atoms with van der Waals surface area (Å²) in [6.07, 6.45) is 7.55. The Morgan fingerprint density at radius 2 is 2.38 bits per heavy atom. The van der Waals surface area contributed by atoms with Crippen LogP contribution in [0, 0.1) is 11.3 Å². The number of nitrogens with zero attached hydrogens (tertiary/aromatic N) is 2. The minimum Gasteiger partial charge on any atom is -0.368 e. The highest BCUT2D eigenvalue weighted by atomic mass is 16.2. The van der Waals surface area contributed by atoms with Crippen LogP contribution in [0.3, 0.4) is 0 Å². The first-order chi connectivity index (χ1) is 10.1. The number of carbonyl (C=O) groups is 2. The lowest BCUT2D eigenvalue weighted by molar-refractivity contribution is -0.128. The van der Waals surface area contributed by atoms with Gasteiger partial charge in [0.1, 0.15) is 6.54 Å². The number of nitrogens with one attached hydrogen (secondary N) is 2. The summed E-state index contributed by atoms with van der Waals surface area (Å²) in [4.78, 5) is 23.6. The summed E-state index contributed by atoms with van der Waals surface area (Å²) >= 11 is 0. The summed E-state index contributed by atoms with van der Waals surface area (Å²) in [5.41, 5.74) is 5.46.